The number of esters is 1. The van der Waals surface area contributed by atoms with Crippen LogP contribution in [0.4, 0.5) is 0 Å². The molecular weight excluding hydrogens is 370 g/mol. The zero-order valence-corrected chi connectivity index (χ0v) is 16.2. The van der Waals surface area contributed by atoms with Gasteiger partial charge in [0.25, 0.3) is 0 Å². The third kappa shape index (κ3) is 2.54. The van der Waals surface area contributed by atoms with Crippen LogP contribution in [-0.2, 0) is 19.6 Å². The van der Waals surface area contributed by atoms with E-state index in [9.17, 15) is 18.0 Å². The second kappa shape index (κ2) is 5.65. The minimum absolute atomic E-state index is 0.0781. The van der Waals surface area contributed by atoms with E-state index in [1.165, 1.54) is 41.7 Å². The standard InChI is InChI=1S/C19H21NO6S/c1-18(2)10-19(17(22)25-3)11-20(9-15(18)19)27(23,24)13-5-6-14-12(8-13)4-7-16(21)26-14/h4-8,15H,9-11H2,1-3H3/t15-,19+/m1/s1. The van der Waals surface area contributed by atoms with Crippen molar-refractivity contribution in [2.24, 2.45) is 16.7 Å². The molecule has 0 N–H and O–H groups in total. The van der Waals surface area contributed by atoms with Gasteiger partial charge in [-0.25, -0.2) is 13.2 Å². The Balaban J connectivity index is 1.72. The fourth-order valence-corrected chi connectivity index (χ4v) is 6.43. The summed E-state index contributed by atoms with van der Waals surface area (Å²) < 4.78 is 37.8. The van der Waals surface area contributed by atoms with Gasteiger partial charge < -0.3 is 9.15 Å². The average molecular weight is 391 g/mol. The SMILES string of the molecule is COC(=O)[C@@]12CN(S(=O)(=O)c3ccc4oc(=O)ccc4c3)C[C@@H]1C(C)(C)C2. The number of hydrogen-bond donors (Lipinski definition) is 0. The fourth-order valence-electron chi connectivity index (χ4n) is 4.87. The van der Waals surface area contributed by atoms with Gasteiger partial charge in [-0.3, -0.25) is 4.79 Å². The van der Waals surface area contributed by atoms with Crippen molar-refractivity contribution in [3.05, 3.63) is 40.8 Å². The van der Waals surface area contributed by atoms with Gasteiger partial charge in [-0.15, -0.1) is 0 Å². The first-order chi connectivity index (χ1) is 12.6. The lowest BCUT2D eigenvalue weighted by atomic mass is 9.48. The van der Waals surface area contributed by atoms with Crippen LogP contribution in [0.5, 0.6) is 0 Å². The first-order valence-electron chi connectivity index (χ1n) is 8.73. The molecule has 1 saturated heterocycles. The second-order valence-electron chi connectivity index (χ2n) is 8.12. The van der Waals surface area contributed by atoms with E-state index < -0.39 is 21.1 Å². The first-order valence-corrected chi connectivity index (χ1v) is 10.2. The molecule has 0 radical (unpaired) electrons. The van der Waals surface area contributed by atoms with Crippen molar-refractivity contribution in [1.29, 1.82) is 0 Å². The highest BCUT2D eigenvalue weighted by atomic mass is 32.2. The van der Waals surface area contributed by atoms with Gasteiger partial charge in [0.2, 0.25) is 10.0 Å². The average Bonchev–Trinajstić information content (AvgIpc) is 2.97. The molecule has 0 unspecified atom stereocenters. The fraction of sp³-hybridized carbons (Fsp3) is 0.474. The van der Waals surface area contributed by atoms with Crippen molar-refractivity contribution < 1.29 is 22.4 Å². The summed E-state index contributed by atoms with van der Waals surface area (Å²) in [5.74, 6) is -0.421. The normalized spacial score (nSPS) is 27.1. The van der Waals surface area contributed by atoms with E-state index in [0.29, 0.717) is 17.4 Å². The predicted molar refractivity (Wildman–Crippen MR) is 97.6 cm³/mol. The highest BCUT2D eigenvalue weighted by Crippen LogP contribution is 2.63. The van der Waals surface area contributed by atoms with Crippen molar-refractivity contribution in [3.8, 4) is 0 Å². The van der Waals surface area contributed by atoms with E-state index in [-0.39, 0.29) is 35.3 Å². The summed E-state index contributed by atoms with van der Waals surface area (Å²) in [6.45, 7) is 4.50. The number of methoxy groups -OCH3 is 1. The molecule has 1 aliphatic heterocycles. The molecule has 2 fully saturated rings. The molecular formula is C19H21NO6S. The molecule has 1 aromatic carbocycles. The minimum atomic E-state index is -3.79. The second-order valence-corrected chi connectivity index (χ2v) is 10.1. The quantitative estimate of drug-likeness (QED) is 0.587. The Morgan fingerprint density at radius 2 is 2.00 bits per heavy atom. The van der Waals surface area contributed by atoms with Gasteiger partial charge in [-0.2, -0.15) is 4.31 Å². The Hall–Kier alpha value is -2.19. The summed E-state index contributed by atoms with van der Waals surface area (Å²) in [7, 11) is -2.45. The maximum atomic E-state index is 13.2. The van der Waals surface area contributed by atoms with Gasteiger partial charge in [0, 0.05) is 24.5 Å². The van der Waals surface area contributed by atoms with Crippen LogP contribution in [0.15, 0.2) is 44.4 Å². The molecule has 2 heterocycles. The highest BCUT2D eigenvalue weighted by molar-refractivity contribution is 7.89. The number of carbonyl (C=O) groups is 1. The summed E-state index contributed by atoms with van der Waals surface area (Å²) in [6, 6.07) is 7.19. The molecule has 27 heavy (non-hydrogen) atoms. The monoisotopic (exact) mass is 391 g/mol. The Morgan fingerprint density at radius 3 is 2.67 bits per heavy atom. The van der Waals surface area contributed by atoms with Gasteiger partial charge in [-0.05, 0) is 42.0 Å². The van der Waals surface area contributed by atoms with E-state index in [1.54, 1.807) is 0 Å². The van der Waals surface area contributed by atoms with Gasteiger partial charge in [0.1, 0.15) is 5.58 Å². The molecule has 4 rings (SSSR count). The van der Waals surface area contributed by atoms with Crippen LogP contribution in [0.2, 0.25) is 0 Å². The van der Waals surface area contributed by atoms with Gasteiger partial charge in [0.15, 0.2) is 0 Å². The predicted octanol–water partition coefficient (Wildman–Crippen LogP) is 2.00. The van der Waals surface area contributed by atoms with Crippen LogP contribution < -0.4 is 5.63 Å². The number of rotatable bonds is 3. The lowest BCUT2D eigenvalue weighted by molar-refractivity contribution is -0.174. The summed E-state index contributed by atoms with van der Waals surface area (Å²) >= 11 is 0. The molecule has 1 saturated carbocycles. The first kappa shape index (κ1) is 18.2. The third-order valence-electron chi connectivity index (χ3n) is 6.05. The maximum Gasteiger partial charge on any atom is 0.336 e. The van der Waals surface area contributed by atoms with E-state index >= 15 is 0 Å². The van der Waals surface area contributed by atoms with Gasteiger partial charge in [0.05, 0.1) is 17.4 Å². The van der Waals surface area contributed by atoms with Crippen LogP contribution >= 0.6 is 0 Å². The highest BCUT2D eigenvalue weighted by Gasteiger charge is 2.68. The lowest BCUT2D eigenvalue weighted by Crippen LogP contribution is -2.57. The number of benzene rings is 1. The third-order valence-corrected chi connectivity index (χ3v) is 7.85. The zero-order valence-electron chi connectivity index (χ0n) is 15.4. The lowest BCUT2D eigenvalue weighted by Gasteiger charge is -2.54. The van der Waals surface area contributed by atoms with E-state index in [4.69, 9.17) is 9.15 Å². The molecule has 0 amide bonds. The van der Waals surface area contributed by atoms with Crippen LogP contribution in [0.3, 0.4) is 0 Å². The van der Waals surface area contributed by atoms with Crippen molar-refractivity contribution in [2.45, 2.75) is 25.2 Å². The van der Waals surface area contributed by atoms with Crippen molar-refractivity contribution in [3.63, 3.8) is 0 Å². The number of ether oxygens (including phenoxy) is 1. The minimum Gasteiger partial charge on any atom is -0.469 e. The number of nitrogens with zero attached hydrogens (tertiary/aromatic N) is 1. The molecule has 0 spiro atoms. The largest absolute Gasteiger partial charge is 0.469 e. The summed E-state index contributed by atoms with van der Waals surface area (Å²) in [5.41, 5.74) is -1.05. The van der Waals surface area contributed by atoms with Crippen molar-refractivity contribution >= 4 is 27.0 Å². The van der Waals surface area contributed by atoms with Crippen LogP contribution in [0, 0.1) is 16.7 Å². The summed E-state index contributed by atoms with van der Waals surface area (Å²) in [4.78, 5) is 23.8. The Morgan fingerprint density at radius 1 is 1.26 bits per heavy atom. The summed E-state index contributed by atoms with van der Waals surface area (Å²) in [5, 5.41) is 0.529. The number of fused-ring (bicyclic) bond motifs is 2. The van der Waals surface area contributed by atoms with E-state index in [0.717, 1.165) is 0 Å². The molecule has 2 atom stereocenters. The molecule has 144 valence electrons. The topological polar surface area (TPSA) is 93.9 Å². The van der Waals surface area contributed by atoms with Crippen LogP contribution in [0.25, 0.3) is 11.0 Å². The molecule has 8 heteroatoms. The van der Waals surface area contributed by atoms with Crippen molar-refractivity contribution in [2.75, 3.05) is 20.2 Å². The number of carbonyl (C=O) groups excluding carboxylic acids is 1. The Kier molecular flexibility index (Phi) is 3.81. The Bertz CT molecular complexity index is 1100. The molecule has 7 nitrogen and oxygen atoms in total. The van der Waals surface area contributed by atoms with E-state index in [1.807, 2.05) is 13.8 Å². The molecule has 1 aliphatic carbocycles. The molecule has 2 aromatic rings. The smallest absolute Gasteiger partial charge is 0.336 e. The zero-order chi connectivity index (χ0) is 19.6. The van der Waals surface area contributed by atoms with Gasteiger partial charge in [-0.1, -0.05) is 13.8 Å². The van der Waals surface area contributed by atoms with Gasteiger partial charge >= 0.3 is 11.6 Å². The Labute approximate surface area is 157 Å². The maximum absolute atomic E-state index is 13.2. The molecule has 2 aliphatic rings. The molecule has 0 bridgehead atoms. The van der Waals surface area contributed by atoms with Crippen molar-refractivity contribution in [1.82, 2.24) is 4.31 Å². The number of sulfonamides is 1. The summed E-state index contributed by atoms with van der Waals surface area (Å²) in [6.07, 6.45) is 0.603. The van der Waals surface area contributed by atoms with Crippen LogP contribution in [-0.4, -0.2) is 38.9 Å². The van der Waals surface area contributed by atoms with E-state index in [2.05, 4.69) is 0 Å². The number of hydrogen-bond acceptors (Lipinski definition) is 6. The van der Waals surface area contributed by atoms with Crippen LogP contribution in [0.1, 0.15) is 20.3 Å². The molecule has 1 aromatic heterocycles.